The van der Waals surface area contributed by atoms with E-state index >= 15 is 0 Å². The SMILES string of the molecule is CCCCS(=O)(=O)Nc1cc(C2OCCO2)ccc1N(CC)CC. The van der Waals surface area contributed by atoms with Crippen LogP contribution < -0.4 is 9.62 Å². The summed E-state index contributed by atoms with van der Waals surface area (Å²) in [7, 11) is -3.37. The fraction of sp³-hybridized carbons (Fsp3) is 0.647. The van der Waals surface area contributed by atoms with Gasteiger partial charge in [0.1, 0.15) is 0 Å². The average Bonchev–Trinajstić information content (AvgIpc) is 3.09. The molecule has 0 atom stereocenters. The van der Waals surface area contributed by atoms with Gasteiger partial charge in [-0.2, -0.15) is 0 Å². The van der Waals surface area contributed by atoms with E-state index < -0.39 is 16.3 Å². The summed E-state index contributed by atoms with van der Waals surface area (Å²) in [6.45, 7) is 8.80. The number of nitrogens with one attached hydrogen (secondary N) is 1. The molecule has 1 heterocycles. The maximum absolute atomic E-state index is 12.4. The van der Waals surface area contributed by atoms with Gasteiger partial charge in [-0.1, -0.05) is 19.4 Å². The normalized spacial score (nSPS) is 15.6. The van der Waals surface area contributed by atoms with Crippen LogP contribution in [-0.4, -0.2) is 40.5 Å². The van der Waals surface area contributed by atoms with Crippen LogP contribution in [-0.2, 0) is 19.5 Å². The molecular formula is C17H28N2O4S. The summed E-state index contributed by atoms with van der Waals surface area (Å²) in [5.41, 5.74) is 2.30. The van der Waals surface area contributed by atoms with Crippen molar-refractivity contribution in [3.63, 3.8) is 0 Å². The zero-order valence-corrected chi connectivity index (χ0v) is 15.6. The Morgan fingerprint density at radius 2 is 1.83 bits per heavy atom. The Morgan fingerprint density at radius 1 is 1.17 bits per heavy atom. The molecule has 1 aromatic carbocycles. The average molecular weight is 356 g/mol. The molecule has 136 valence electrons. The maximum Gasteiger partial charge on any atom is 0.232 e. The lowest BCUT2D eigenvalue weighted by molar-refractivity contribution is -0.0440. The van der Waals surface area contributed by atoms with Gasteiger partial charge in [-0.25, -0.2) is 8.42 Å². The van der Waals surface area contributed by atoms with E-state index in [4.69, 9.17) is 9.47 Å². The van der Waals surface area contributed by atoms with E-state index in [0.717, 1.165) is 30.8 Å². The molecule has 0 spiro atoms. The number of sulfonamides is 1. The first-order valence-corrected chi connectivity index (χ1v) is 10.3. The Hall–Kier alpha value is -1.31. The first-order valence-electron chi connectivity index (χ1n) is 8.63. The fourth-order valence-electron chi connectivity index (χ4n) is 2.73. The summed E-state index contributed by atoms with van der Waals surface area (Å²) in [4.78, 5) is 2.12. The van der Waals surface area contributed by atoms with Crippen molar-refractivity contribution in [1.82, 2.24) is 0 Å². The smallest absolute Gasteiger partial charge is 0.232 e. The molecule has 0 bridgehead atoms. The van der Waals surface area contributed by atoms with Gasteiger partial charge in [0, 0.05) is 18.7 Å². The predicted molar refractivity (Wildman–Crippen MR) is 97.0 cm³/mol. The van der Waals surface area contributed by atoms with Crippen molar-refractivity contribution >= 4 is 21.4 Å². The predicted octanol–water partition coefficient (Wildman–Crippen LogP) is 3.12. The van der Waals surface area contributed by atoms with Crippen molar-refractivity contribution in [2.45, 2.75) is 39.9 Å². The van der Waals surface area contributed by atoms with Crippen molar-refractivity contribution in [2.24, 2.45) is 0 Å². The van der Waals surface area contributed by atoms with Gasteiger partial charge in [-0.05, 0) is 32.4 Å². The number of hydrogen-bond acceptors (Lipinski definition) is 5. The van der Waals surface area contributed by atoms with Crippen molar-refractivity contribution in [3.05, 3.63) is 23.8 Å². The number of unbranched alkanes of at least 4 members (excludes halogenated alkanes) is 1. The lowest BCUT2D eigenvalue weighted by atomic mass is 10.1. The number of ether oxygens (including phenoxy) is 2. The van der Waals surface area contributed by atoms with Crippen molar-refractivity contribution in [3.8, 4) is 0 Å². The van der Waals surface area contributed by atoms with Crippen LogP contribution in [0.3, 0.4) is 0 Å². The molecule has 0 aliphatic carbocycles. The van der Waals surface area contributed by atoms with Crippen molar-refractivity contribution < 1.29 is 17.9 Å². The van der Waals surface area contributed by atoms with Gasteiger partial charge >= 0.3 is 0 Å². The van der Waals surface area contributed by atoms with E-state index in [2.05, 4.69) is 23.5 Å². The third kappa shape index (κ3) is 4.84. The molecule has 7 heteroatoms. The van der Waals surface area contributed by atoms with Crippen molar-refractivity contribution in [2.75, 3.05) is 41.7 Å². The quantitative estimate of drug-likeness (QED) is 0.736. The second kappa shape index (κ2) is 8.69. The molecule has 6 nitrogen and oxygen atoms in total. The van der Waals surface area contributed by atoms with E-state index in [9.17, 15) is 8.42 Å². The molecule has 0 saturated carbocycles. The van der Waals surface area contributed by atoms with Gasteiger partial charge in [-0.15, -0.1) is 0 Å². The molecule has 0 amide bonds. The van der Waals surface area contributed by atoms with E-state index in [1.165, 1.54) is 0 Å². The Labute approximate surface area is 145 Å². The second-order valence-corrected chi connectivity index (χ2v) is 7.64. The Morgan fingerprint density at radius 3 is 2.42 bits per heavy atom. The van der Waals surface area contributed by atoms with Gasteiger partial charge in [0.25, 0.3) is 0 Å². The number of nitrogens with zero attached hydrogens (tertiary/aromatic N) is 1. The van der Waals surface area contributed by atoms with E-state index in [1.54, 1.807) is 0 Å². The molecule has 1 fully saturated rings. The number of benzene rings is 1. The molecule has 1 aliphatic rings. The minimum absolute atomic E-state index is 0.127. The van der Waals surface area contributed by atoms with Crippen LogP contribution in [0.5, 0.6) is 0 Å². The molecule has 0 unspecified atom stereocenters. The first-order chi connectivity index (χ1) is 11.5. The van der Waals surface area contributed by atoms with Crippen molar-refractivity contribution in [1.29, 1.82) is 0 Å². The third-order valence-electron chi connectivity index (χ3n) is 4.05. The van der Waals surface area contributed by atoms with E-state index in [1.807, 2.05) is 25.1 Å². The van der Waals surface area contributed by atoms with Crippen LogP contribution in [0.4, 0.5) is 11.4 Å². The van der Waals surface area contributed by atoms with E-state index in [-0.39, 0.29) is 5.75 Å². The highest BCUT2D eigenvalue weighted by atomic mass is 32.2. The van der Waals surface area contributed by atoms with Gasteiger partial charge in [0.15, 0.2) is 6.29 Å². The van der Waals surface area contributed by atoms with Gasteiger partial charge in [0.2, 0.25) is 10.0 Å². The Balaban J connectivity index is 2.33. The molecule has 1 aliphatic heterocycles. The highest BCUT2D eigenvalue weighted by Gasteiger charge is 2.22. The molecule has 24 heavy (non-hydrogen) atoms. The topological polar surface area (TPSA) is 67.9 Å². The summed E-state index contributed by atoms with van der Waals surface area (Å²) >= 11 is 0. The van der Waals surface area contributed by atoms with Crippen LogP contribution >= 0.6 is 0 Å². The molecule has 1 N–H and O–H groups in total. The Kier molecular flexibility index (Phi) is 6.89. The minimum atomic E-state index is -3.37. The van der Waals surface area contributed by atoms with Crippen LogP contribution in [0.25, 0.3) is 0 Å². The zero-order valence-electron chi connectivity index (χ0n) is 14.7. The second-order valence-electron chi connectivity index (χ2n) is 5.80. The van der Waals surface area contributed by atoms with Gasteiger partial charge in [0.05, 0.1) is 30.3 Å². The fourth-order valence-corrected chi connectivity index (χ4v) is 4.00. The summed E-state index contributed by atoms with van der Waals surface area (Å²) in [5, 5.41) is 0. The summed E-state index contributed by atoms with van der Waals surface area (Å²) < 4.78 is 38.5. The Bertz CT molecular complexity index is 623. The third-order valence-corrected chi connectivity index (χ3v) is 5.41. The van der Waals surface area contributed by atoms with Crippen LogP contribution in [0.2, 0.25) is 0 Å². The highest BCUT2D eigenvalue weighted by Crippen LogP contribution is 2.33. The van der Waals surface area contributed by atoms with Gasteiger partial charge in [-0.3, -0.25) is 4.72 Å². The zero-order chi connectivity index (χ0) is 17.6. The molecule has 0 radical (unpaired) electrons. The molecule has 2 rings (SSSR count). The lowest BCUT2D eigenvalue weighted by Crippen LogP contribution is -2.25. The summed E-state index contributed by atoms with van der Waals surface area (Å²) in [6.07, 6.45) is 1.06. The lowest BCUT2D eigenvalue weighted by Gasteiger charge is -2.25. The molecule has 1 aromatic rings. The summed E-state index contributed by atoms with van der Waals surface area (Å²) in [5.74, 6) is 0.127. The molecule has 0 aromatic heterocycles. The number of hydrogen-bond donors (Lipinski definition) is 1. The van der Waals surface area contributed by atoms with Crippen LogP contribution in [0, 0.1) is 0 Å². The highest BCUT2D eigenvalue weighted by molar-refractivity contribution is 7.92. The first kappa shape index (κ1) is 19.0. The van der Waals surface area contributed by atoms with E-state index in [0.29, 0.717) is 25.3 Å². The van der Waals surface area contributed by atoms with Gasteiger partial charge < -0.3 is 14.4 Å². The maximum atomic E-state index is 12.4. The molecule has 1 saturated heterocycles. The number of anilines is 2. The largest absolute Gasteiger partial charge is 0.370 e. The molecular weight excluding hydrogens is 328 g/mol. The number of rotatable bonds is 9. The summed E-state index contributed by atoms with van der Waals surface area (Å²) in [6, 6.07) is 5.70. The monoisotopic (exact) mass is 356 g/mol. The van der Waals surface area contributed by atoms with Crippen LogP contribution in [0.15, 0.2) is 18.2 Å². The minimum Gasteiger partial charge on any atom is -0.370 e. The standard InChI is InChI=1S/C17H28N2O4S/c1-4-7-12-24(20,21)18-15-13-14(17-22-10-11-23-17)8-9-16(15)19(5-2)6-3/h8-9,13,17-18H,4-7,10-12H2,1-3H3. The van der Waals surface area contributed by atoms with Crippen LogP contribution in [0.1, 0.15) is 45.5 Å².